The van der Waals surface area contributed by atoms with E-state index in [0.717, 1.165) is 0 Å². The third kappa shape index (κ3) is 5.05. The van der Waals surface area contributed by atoms with Crippen LogP contribution in [0.5, 0.6) is 5.75 Å². The number of ether oxygens (including phenoxy) is 1. The molecule has 2 aromatic carbocycles. The SMILES string of the molecule is O=C(Nc1ccn(Cc2ccc(F)cc2Cl)n1)c1cc(Br)ccc1OC(F)F. The zero-order valence-corrected chi connectivity index (χ0v) is 16.3. The second kappa shape index (κ2) is 8.66. The normalized spacial score (nSPS) is 10.9. The highest BCUT2D eigenvalue weighted by molar-refractivity contribution is 9.10. The van der Waals surface area contributed by atoms with Crippen molar-refractivity contribution in [3.8, 4) is 5.75 Å². The number of hydrogen-bond acceptors (Lipinski definition) is 3. The number of alkyl halides is 2. The van der Waals surface area contributed by atoms with E-state index in [1.54, 1.807) is 6.20 Å². The number of hydrogen-bond donors (Lipinski definition) is 1. The zero-order valence-electron chi connectivity index (χ0n) is 14.0. The van der Waals surface area contributed by atoms with Crippen LogP contribution in [0.3, 0.4) is 0 Å². The highest BCUT2D eigenvalue weighted by Gasteiger charge is 2.17. The zero-order chi connectivity index (χ0) is 20.3. The summed E-state index contributed by atoms with van der Waals surface area (Å²) in [5.41, 5.74) is 0.564. The van der Waals surface area contributed by atoms with Crippen LogP contribution >= 0.6 is 27.5 Å². The number of carbonyl (C=O) groups is 1. The van der Waals surface area contributed by atoms with Crippen molar-refractivity contribution in [1.29, 1.82) is 0 Å². The van der Waals surface area contributed by atoms with Gasteiger partial charge in [0, 0.05) is 21.8 Å². The molecule has 3 rings (SSSR count). The number of anilines is 1. The molecule has 10 heteroatoms. The minimum absolute atomic E-state index is 0.0780. The number of halogens is 5. The summed E-state index contributed by atoms with van der Waals surface area (Å²) >= 11 is 9.18. The van der Waals surface area contributed by atoms with Crippen LogP contribution < -0.4 is 10.1 Å². The topological polar surface area (TPSA) is 56.2 Å². The molecule has 0 saturated heterocycles. The van der Waals surface area contributed by atoms with Crippen molar-refractivity contribution >= 4 is 39.3 Å². The van der Waals surface area contributed by atoms with E-state index in [1.807, 2.05) is 0 Å². The lowest BCUT2D eigenvalue weighted by molar-refractivity contribution is -0.0501. The van der Waals surface area contributed by atoms with Gasteiger partial charge in [-0.3, -0.25) is 9.48 Å². The van der Waals surface area contributed by atoms with Gasteiger partial charge in [0.15, 0.2) is 5.82 Å². The Morgan fingerprint density at radius 1 is 1.25 bits per heavy atom. The molecule has 0 spiro atoms. The molecule has 0 atom stereocenters. The molecule has 0 saturated carbocycles. The molecular formula is C18H12BrClF3N3O2. The monoisotopic (exact) mass is 473 g/mol. The summed E-state index contributed by atoms with van der Waals surface area (Å²) < 4.78 is 44.6. The molecular weight excluding hydrogens is 463 g/mol. The fourth-order valence-electron chi connectivity index (χ4n) is 2.40. The van der Waals surface area contributed by atoms with Crippen molar-refractivity contribution in [2.45, 2.75) is 13.2 Å². The second-order valence-electron chi connectivity index (χ2n) is 5.61. The Labute approximate surface area is 171 Å². The van der Waals surface area contributed by atoms with Crippen molar-refractivity contribution in [1.82, 2.24) is 9.78 Å². The van der Waals surface area contributed by atoms with Gasteiger partial charge in [-0.2, -0.15) is 13.9 Å². The van der Waals surface area contributed by atoms with E-state index in [9.17, 15) is 18.0 Å². The number of carbonyl (C=O) groups excluding carboxylic acids is 1. The standard InChI is InChI=1S/C18H12BrClF3N3O2/c19-11-2-4-15(28-18(22)23)13(7-11)17(27)24-16-5-6-26(25-16)9-10-1-3-12(21)8-14(10)20/h1-8,18H,9H2,(H,24,25,27). The molecule has 1 heterocycles. The van der Waals surface area contributed by atoms with Crippen LogP contribution in [0.15, 0.2) is 53.1 Å². The largest absolute Gasteiger partial charge is 0.434 e. The molecule has 0 aliphatic carbocycles. The predicted octanol–water partition coefficient (Wildman–Crippen LogP) is 5.34. The van der Waals surface area contributed by atoms with Gasteiger partial charge in [-0.25, -0.2) is 4.39 Å². The van der Waals surface area contributed by atoms with Crippen molar-refractivity contribution in [2.24, 2.45) is 0 Å². The molecule has 0 bridgehead atoms. The fourth-order valence-corrected chi connectivity index (χ4v) is 2.99. The van der Waals surface area contributed by atoms with Gasteiger partial charge in [-0.1, -0.05) is 33.6 Å². The lowest BCUT2D eigenvalue weighted by atomic mass is 10.2. The maximum Gasteiger partial charge on any atom is 0.387 e. The average molecular weight is 475 g/mol. The maximum atomic E-state index is 13.1. The van der Waals surface area contributed by atoms with Crippen LogP contribution in [-0.4, -0.2) is 22.3 Å². The van der Waals surface area contributed by atoms with E-state index in [1.165, 1.54) is 47.1 Å². The van der Waals surface area contributed by atoms with Gasteiger partial charge in [-0.05, 0) is 35.9 Å². The summed E-state index contributed by atoms with van der Waals surface area (Å²) in [4.78, 5) is 12.5. The Morgan fingerprint density at radius 3 is 2.75 bits per heavy atom. The Balaban J connectivity index is 1.75. The van der Waals surface area contributed by atoms with E-state index >= 15 is 0 Å². The molecule has 28 heavy (non-hydrogen) atoms. The molecule has 0 unspecified atom stereocenters. The summed E-state index contributed by atoms with van der Waals surface area (Å²) in [6.07, 6.45) is 1.59. The number of nitrogens with one attached hydrogen (secondary N) is 1. The van der Waals surface area contributed by atoms with E-state index in [0.29, 0.717) is 10.0 Å². The van der Waals surface area contributed by atoms with Gasteiger partial charge in [0.2, 0.25) is 0 Å². The van der Waals surface area contributed by atoms with Crippen LogP contribution in [0.1, 0.15) is 15.9 Å². The van der Waals surface area contributed by atoms with E-state index in [2.05, 4.69) is 31.1 Å². The molecule has 0 aliphatic rings. The first-order valence-corrected chi connectivity index (χ1v) is 9.02. The average Bonchev–Trinajstić information content (AvgIpc) is 3.05. The van der Waals surface area contributed by atoms with Crippen LogP contribution in [0.2, 0.25) is 5.02 Å². The molecule has 146 valence electrons. The molecule has 1 amide bonds. The minimum Gasteiger partial charge on any atom is -0.434 e. The van der Waals surface area contributed by atoms with Crippen LogP contribution in [0, 0.1) is 5.82 Å². The Kier molecular flexibility index (Phi) is 6.25. The van der Waals surface area contributed by atoms with Gasteiger partial charge < -0.3 is 10.1 Å². The summed E-state index contributed by atoms with van der Waals surface area (Å²) in [6.45, 7) is -2.81. The highest BCUT2D eigenvalue weighted by Crippen LogP contribution is 2.26. The molecule has 0 fully saturated rings. The first kappa shape index (κ1) is 20.2. The smallest absolute Gasteiger partial charge is 0.387 e. The van der Waals surface area contributed by atoms with Gasteiger partial charge >= 0.3 is 6.61 Å². The lowest BCUT2D eigenvalue weighted by Crippen LogP contribution is -2.15. The summed E-state index contributed by atoms with van der Waals surface area (Å²) in [6, 6.07) is 9.65. The van der Waals surface area contributed by atoms with Gasteiger partial charge in [0.05, 0.1) is 12.1 Å². The second-order valence-corrected chi connectivity index (χ2v) is 6.93. The van der Waals surface area contributed by atoms with Crippen molar-refractivity contribution < 1.29 is 22.7 Å². The number of aromatic nitrogens is 2. The van der Waals surface area contributed by atoms with E-state index in [-0.39, 0.29) is 28.7 Å². The van der Waals surface area contributed by atoms with Crippen molar-refractivity contribution in [3.05, 3.63) is 75.1 Å². The molecule has 5 nitrogen and oxygen atoms in total. The summed E-state index contributed by atoms with van der Waals surface area (Å²) in [5.74, 6) is -1.17. The Morgan fingerprint density at radius 2 is 2.04 bits per heavy atom. The Hall–Kier alpha value is -2.52. The predicted molar refractivity (Wildman–Crippen MR) is 101 cm³/mol. The maximum absolute atomic E-state index is 13.1. The number of amides is 1. The molecule has 0 radical (unpaired) electrons. The molecule has 3 aromatic rings. The van der Waals surface area contributed by atoms with Gasteiger partial charge in [0.1, 0.15) is 11.6 Å². The first-order chi connectivity index (χ1) is 13.3. The van der Waals surface area contributed by atoms with Crippen molar-refractivity contribution in [2.75, 3.05) is 5.32 Å². The van der Waals surface area contributed by atoms with E-state index < -0.39 is 18.3 Å². The van der Waals surface area contributed by atoms with Crippen LogP contribution in [0.25, 0.3) is 0 Å². The summed E-state index contributed by atoms with van der Waals surface area (Å²) in [5, 5.41) is 6.95. The van der Waals surface area contributed by atoms with Gasteiger partial charge in [-0.15, -0.1) is 0 Å². The quantitative estimate of drug-likeness (QED) is 0.525. The number of benzene rings is 2. The first-order valence-electron chi connectivity index (χ1n) is 7.85. The number of nitrogens with zero attached hydrogens (tertiary/aromatic N) is 2. The van der Waals surface area contributed by atoms with Crippen LogP contribution in [0.4, 0.5) is 19.0 Å². The Bertz CT molecular complexity index is 1010. The van der Waals surface area contributed by atoms with Gasteiger partial charge in [0.25, 0.3) is 5.91 Å². The van der Waals surface area contributed by atoms with Crippen LogP contribution in [-0.2, 0) is 6.54 Å². The molecule has 1 N–H and O–H groups in total. The lowest BCUT2D eigenvalue weighted by Gasteiger charge is -2.10. The fraction of sp³-hybridized carbons (Fsp3) is 0.111. The summed E-state index contributed by atoms with van der Waals surface area (Å²) in [7, 11) is 0. The minimum atomic E-state index is -3.06. The van der Waals surface area contributed by atoms with E-state index in [4.69, 9.17) is 11.6 Å². The molecule has 0 aliphatic heterocycles. The third-order valence-corrected chi connectivity index (χ3v) is 4.48. The molecule has 1 aromatic heterocycles. The third-order valence-electron chi connectivity index (χ3n) is 3.63. The number of rotatable bonds is 6. The van der Waals surface area contributed by atoms with Crippen molar-refractivity contribution in [3.63, 3.8) is 0 Å². The highest BCUT2D eigenvalue weighted by atomic mass is 79.9.